The van der Waals surface area contributed by atoms with Crippen molar-refractivity contribution in [2.75, 3.05) is 38.3 Å². The monoisotopic (exact) mass is 278 g/mol. The third-order valence-electron chi connectivity index (χ3n) is 3.73. The first-order valence-electron chi connectivity index (χ1n) is 6.47. The highest BCUT2D eigenvalue weighted by molar-refractivity contribution is 7.98. The Balaban J connectivity index is 2.33. The largest absolute Gasteiger partial charge is 0.384 e. The summed E-state index contributed by atoms with van der Waals surface area (Å²) in [5.41, 5.74) is 7.77. The van der Waals surface area contributed by atoms with E-state index in [2.05, 4.69) is 36.0 Å². The maximum Gasteiger partial charge on any atom is 0.126 e. The van der Waals surface area contributed by atoms with Crippen molar-refractivity contribution in [2.45, 2.75) is 17.4 Å². The van der Waals surface area contributed by atoms with Crippen LogP contribution in [0.4, 0.5) is 5.69 Å². The Kier molecular flexibility index (Phi) is 4.37. The number of benzene rings is 1. The predicted molar refractivity (Wildman–Crippen MR) is 83.5 cm³/mol. The molecule has 1 aromatic carbocycles. The smallest absolute Gasteiger partial charge is 0.126 e. The third-order valence-corrected chi connectivity index (χ3v) is 4.51. The van der Waals surface area contributed by atoms with Gasteiger partial charge in [-0.1, -0.05) is 6.07 Å². The molecular formula is C14H22N4S. The number of rotatable bonds is 4. The molecule has 0 saturated carbocycles. The summed E-state index contributed by atoms with van der Waals surface area (Å²) in [6, 6.07) is 6.74. The SMILES string of the molecule is CSc1cccc(N2CCC(N(C)C)C2)c1C(=N)N. The van der Waals surface area contributed by atoms with Crippen molar-refractivity contribution in [3.8, 4) is 0 Å². The molecule has 1 saturated heterocycles. The summed E-state index contributed by atoms with van der Waals surface area (Å²) in [6.07, 6.45) is 3.19. The molecule has 1 aromatic rings. The molecule has 1 fully saturated rings. The fourth-order valence-corrected chi connectivity index (χ4v) is 3.24. The second-order valence-electron chi connectivity index (χ2n) is 5.12. The number of hydrogen-bond acceptors (Lipinski definition) is 4. The number of amidine groups is 1. The van der Waals surface area contributed by atoms with Crippen molar-refractivity contribution >= 4 is 23.3 Å². The Morgan fingerprint density at radius 3 is 2.74 bits per heavy atom. The molecule has 1 aliphatic rings. The number of hydrogen-bond donors (Lipinski definition) is 2. The van der Waals surface area contributed by atoms with E-state index in [-0.39, 0.29) is 5.84 Å². The van der Waals surface area contributed by atoms with Crippen LogP contribution < -0.4 is 10.6 Å². The molecule has 0 aliphatic carbocycles. The van der Waals surface area contributed by atoms with Crippen molar-refractivity contribution < 1.29 is 0 Å². The zero-order valence-electron chi connectivity index (χ0n) is 11.8. The van der Waals surface area contributed by atoms with Gasteiger partial charge in [-0.3, -0.25) is 5.41 Å². The van der Waals surface area contributed by atoms with Crippen LogP contribution >= 0.6 is 11.8 Å². The van der Waals surface area contributed by atoms with Crippen molar-refractivity contribution in [3.05, 3.63) is 23.8 Å². The summed E-state index contributed by atoms with van der Waals surface area (Å²) < 4.78 is 0. The van der Waals surface area contributed by atoms with E-state index < -0.39 is 0 Å². The van der Waals surface area contributed by atoms with Gasteiger partial charge in [0.05, 0.1) is 5.56 Å². The second kappa shape index (κ2) is 5.84. The van der Waals surface area contributed by atoms with Crippen molar-refractivity contribution in [2.24, 2.45) is 5.73 Å². The normalized spacial score (nSPS) is 19.2. The van der Waals surface area contributed by atoms with E-state index in [4.69, 9.17) is 11.1 Å². The van der Waals surface area contributed by atoms with Gasteiger partial charge >= 0.3 is 0 Å². The van der Waals surface area contributed by atoms with Crippen LogP contribution in [0.1, 0.15) is 12.0 Å². The lowest BCUT2D eigenvalue weighted by Gasteiger charge is -2.24. The van der Waals surface area contributed by atoms with Gasteiger partial charge in [0.1, 0.15) is 5.84 Å². The molecule has 5 heteroatoms. The maximum absolute atomic E-state index is 7.85. The molecule has 1 aliphatic heterocycles. The van der Waals surface area contributed by atoms with Crippen LogP contribution in [0.2, 0.25) is 0 Å². The quantitative estimate of drug-likeness (QED) is 0.501. The molecule has 1 atom stereocenters. The highest BCUT2D eigenvalue weighted by atomic mass is 32.2. The number of nitrogen functional groups attached to an aromatic ring is 1. The van der Waals surface area contributed by atoms with Crippen LogP contribution in [0, 0.1) is 5.41 Å². The number of thioether (sulfide) groups is 1. The highest BCUT2D eigenvalue weighted by Gasteiger charge is 2.26. The minimum Gasteiger partial charge on any atom is -0.384 e. The predicted octanol–water partition coefficient (Wildman–Crippen LogP) is 1.83. The Morgan fingerprint density at radius 1 is 1.47 bits per heavy atom. The Labute approximate surface area is 119 Å². The Bertz CT molecular complexity index is 473. The van der Waals surface area contributed by atoms with Crippen LogP contribution in [-0.4, -0.2) is 50.2 Å². The zero-order chi connectivity index (χ0) is 14.0. The molecule has 0 bridgehead atoms. The van der Waals surface area contributed by atoms with E-state index in [0.29, 0.717) is 6.04 Å². The van der Waals surface area contributed by atoms with Gasteiger partial charge in [0.15, 0.2) is 0 Å². The van der Waals surface area contributed by atoms with E-state index in [9.17, 15) is 0 Å². The number of nitrogens with zero attached hydrogens (tertiary/aromatic N) is 2. The minimum atomic E-state index is 0.160. The van der Waals surface area contributed by atoms with Crippen LogP contribution in [0.5, 0.6) is 0 Å². The number of likely N-dealkylation sites (N-methyl/N-ethyl adjacent to an activating group) is 1. The van der Waals surface area contributed by atoms with Crippen molar-refractivity contribution in [3.63, 3.8) is 0 Å². The van der Waals surface area contributed by atoms with Gasteiger partial charge in [0.25, 0.3) is 0 Å². The standard InChI is InChI=1S/C14H22N4S/c1-17(2)10-7-8-18(9-10)11-5-4-6-12(19-3)13(11)14(15)16/h4-6,10H,7-9H2,1-3H3,(H3,15,16). The lowest BCUT2D eigenvalue weighted by atomic mass is 10.1. The molecule has 1 unspecified atom stereocenters. The molecule has 2 rings (SSSR count). The highest BCUT2D eigenvalue weighted by Crippen LogP contribution is 2.31. The van der Waals surface area contributed by atoms with Crippen molar-refractivity contribution in [1.29, 1.82) is 5.41 Å². The average molecular weight is 278 g/mol. The summed E-state index contributed by atoms with van der Waals surface area (Å²) in [4.78, 5) is 5.70. The first kappa shape index (κ1) is 14.2. The van der Waals surface area contributed by atoms with Crippen molar-refractivity contribution in [1.82, 2.24) is 4.90 Å². The summed E-state index contributed by atoms with van der Waals surface area (Å²) in [5, 5.41) is 7.85. The molecule has 4 nitrogen and oxygen atoms in total. The molecule has 0 amide bonds. The summed E-state index contributed by atoms with van der Waals surface area (Å²) in [5.74, 6) is 0.160. The summed E-state index contributed by atoms with van der Waals surface area (Å²) in [7, 11) is 4.25. The summed E-state index contributed by atoms with van der Waals surface area (Å²) >= 11 is 1.65. The van der Waals surface area contributed by atoms with E-state index in [1.807, 2.05) is 12.3 Å². The second-order valence-corrected chi connectivity index (χ2v) is 5.97. The molecule has 0 aromatic heterocycles. The lowest BCUT2D eigenvalue weighted by molar-refractivity contribution is 0.315. The number of nitrogens with one attached hydrogen (secondary N) is 1. The van der Waals surface area contributed by atoms with E-state index in [0.717, 1.165) is 35.7 Å². The summed E-state index contributed by atoms with van der Waals surface area (Å²) in [6.45, 7) is 2.03. The van der Waals surface area contributed by atoms with Gasteiger partial charge in [-0.2, -0.15) is 0 Å². The van der Waals surface area contributed by atoms with Gasteiger partial charge < -0.3 is 15.5 Å². The van der Waals surface area contributed by atoms with E-state index in [1.165, 1.54) is 0 Å². The topological polar surface area (TPSA) is 56.4 Å². The van der Waals surface area contributed by atoms with E-state index >= 15 is 0 Å². The lowest BCUT2D eigenvalue weighted by Crippen LogP contribution is -2.32. The Hall–Kier alpha value is -1.20. The minimum absolute atomic E-state index is 0.160. The number of nitrogens with two attached hydrogens (primary N) is 1. The van der Waals surface area contributed by atoms with Gasteiger partial charge in [-0.25, -0.2) is 0 Å². The van der Waals surface area contributed by atoms with Gasteiger partial charge in [-0.15, -0.1) is 11.8 Å². The first-order chi connectivity index (χ1) is 9.04. The molecule has 1 heterocycles. The third kappa shape index (κ3) is 2.87. The van der Waals surface area contributed by atoms with E-state index in [1.54, 1.807) is 11.8 Å². The molecule has 0 radical (unpaired) electrons. The Morgan fingerprint density at radius 2 is 2.21 bits per heavy atom. The van der Waals surface area contributed by atoms with Crippen LogP contribution in [0.15, 0.2) is 23.1 Å². The van der Waals surface area contributed by atoms with Crippen LogP contribution in [-0.2, 0) is 0 Å². The molecule has 19 heavy (non-hydrogen) atoms. The van der Waals surface area contributed by atoms with Gasteiger partial charge in [0, 0.05) is 29.7 Å². The number of anilines is 1. The van der Waals surface area contributed by atoms with Crippen LogP contribution in [0.3, 0.4) is 0 Å². The maximum atomic E-state index is 7.85. The zero-order valence-corrected chi connectivity index (χ0v) is 12.6. The van der Waals surface area contributed by atoms with Gasteiger partial charge in [-0.05, 0) is 38.9 Å². The molecular weight excluding hydrogens is 256 g/mol. The molecule has 0 spiro atoms. The molecule has 3 N–H and O–H groups in total. The fourth-order valence-electron chi connectivity index (χ4n) is 2.61. The van der Waals surface area contributed by atoms with Crippen LogP contribution in [0.25, 0.3) is 0 Å². The fraction of sp³-hybridized carbons (Fsp3) is 0.500. The first-order valence-corrected chi connectivity index (χ1v) is 7.69. The average Bonchev–Trinajstić information content (AvgIpc) is 2.87. The van der Waals surface area contributed by atoms with Gasteiger partial charge in [0.2, 0.25) is 0 Å². The molecule has 104 valence electrons.